The number of carbonyl (C=O) groups excluding carboxylic acids is 1. The van der Waals surface area contributed by atoms with Crippen LogP contribution >= 0.6 is 0 Å². The van der Waals surface area contributed by atoms with Crippen molar-refractivity contribution in [1.29, 1.82) is 0 Å². The van der Waals surface area contributed by atoms with Crippen molar-refractivity contribution in [3.05, 3.63) is 30.1 Å². The molecule has 0 radical (unpaired) electrons. The van der Waals surface area contributed by atoms with Gasteiger partial charge in [-0.15, -0.1) is 0 Å². The van der Waals surface area contributed by atoms with Crippen LogP contribution in [0.3, 0.4) is 0 Å². The molecule has 1 aromatic rings. The van der Waals surface area contributed by atoms with Crippen LogP contribution in [0.5, 0.6) is 0 Å². The highest BCUT2D eigenvalue weighted by Gasteiger charge is 2.05. The topological polar surface area (TPSA) is 62.2 Å². The number of hydrogen-bond acceptors (Lipinski definition) is 3. The maximum absolute atomic E-state index is 11.4. The van der Waals surface area contributed by atoms with Crippen LogP contribution in [0.2, 0.25) is 0 Å². The fraction of sp³-hybridized carbons (Fsp3) is 0.455. The van der Waals surface area contributed by atoms with Crippen molar-refractivity contribution in [3.63, 3.8) is 0 Å². The third-order valence-electron chi connectivity index (χ3n) is 2.05. The molecule has 1 amide bonds. The zero-order valence-corrected chi connectivity index (χ0v) is 8.81. The Morgan fingerprint density at radius 3 is 3.07 bits per heavy atom. The van der Waals surface area contributed by atoms with Gasteiger partial charge in [-0.25, -0.2) is 0 Å². The summed E-state index contributed by atoms with van der Waals surface area (Å²) in [6.07, 6.45) is 3.69. The van der Waals surface area contributed by atoms with E-state index in [9.17, 15) is 4.79 Å². The van der Waals surface area contributed by atoms with Gasteiger partial charge in [-0.05, 0) is 17.5 Å². The molecule has 0 aromatic carbocycles. The number of nitrogens with zero attached hydrogens (tertiary/aromatic N) is 1. The summed E-state index contributed by atoms with van der Waals surface area (Å²) in [7, 11) is 0. The monoisotopic (exact) mass is 208 g/mol. The molecular formula is C11H16N2O2. The van der Waals surface area contributed by atoms with E-state index in [0.717, 1.165) is 5.56 Å². The molecule has 0 aliphatic carbocycles. The van der Waals surface area contributed by atoms with Gasteiger partial charge in [0.25, 0.3) is 0 Å². The first-order valence-electron chi connectivity index (χ1n) is 4.99. The molecule has 0 saturated carbocycles. The number of aromatic nitrogens is 1. The summed E-state index contributed by atoms with van der Waals surface area (Å²) < 4.78 is 0. The van der Waals surface area contributed by atoms with Crippen LogP contribution < -0.4 is 5.32 Å². The van der Waals surface area contributed by atoms with Crippen LogP contribution in [0.4, 0.5) is 0 Å². The van der Waals surface area contributed by atoms with Crippen molar-refractivity contribution in [2.75, 3.05) is 13.2 Å². The van der Waals surface area contributed by atoms with Crippen LogP contribution in [0.15, 0.2) is 24.5 Å². The molecule has 1 aromatic heterocycles. The van der Waals surface area contributed by atoms with E-state index in [2.05, 4.69) is 10.3 Å². The molecule has 1 rings (SSSR count). The minimum atomic E-state index is -0.0386. The fourth-order valence-corrected chi connectivity index (χ4v) is 1.10. The SMILES string of the molecule is CC(CO)CNC(=O)Cc1cccnc1. The van der Waals surface area contributed by atoms with E-state index in [0.29, 0.717) is 13.0 Å². The lowest BCUT2D eigenvalue weighted by Crippen LogP contribution is -2.30. The second-order valence-corrected chi connectivity index (χ2v) is 3.63. The largest absolute Gasteiger partial charge is 0.396 e. The second kappa shape index (κ2) is 6.14. The van der Waals surface area contributed by atoms with E-state index in [4.69, 9.17) is 5.11 Å². The van der Waals surface area contributed by atoms with Gasteiger partial charge < -0.3 is 10.4 Å². The molecule has 0 bridgehead atoms. The van der Waals surface area contributed by atoms with Crippen LogP contribution in [-0.2, 0) is 11.2 Å². The number of rotatable bonds is 5. The minimum Gasteiger partial charge on any atom is -0.396 e. The van der Waals surface area contributed by atoms with E-state index in [1.54, 1.807) is 18.5 Å². The van der Waals surface area contributed by atoms with Gasteiger partial charge in [0.15, 0.2) is 0 Å². The minimum absolute atomic E-state index is 0.0386. The molecule has 82 valence electrons. The average Bonchev–Trinajstić information content (AvgIpc) is 2.27. The Balaban J connectivity index is 2.31. The van der Waals surface area contributed by atoms with Crippen molar-refractivity contribution in [2.45, 2.75) is 13.3 Å². The van der Waals surface area contributed by atoms with Crippen LogP contribution in [0.25, 0.3) is 0 Å². The zero-order valence-electron chi connectivity index (χ0n) is 8.81. The van der Waals surface area contributed by atoms with Gasteiger partial charge in [-0.1, -0.05) is 13.0 Å². The first kappa shape index (κ1) is 11.7. The molecule has 4 heteroatoms. The number of carbonyl (C=O) groups is 1. The highest BCUT2D eigenvalue weighted by atomic mass is 16.3. The van der Waals surface area contributed by atoms with E-state index in [-0.39, 0.29) is 18.4 Å². The number of amides is 1. The predicted molar refractivity (Wildman–Crippen MR) is 57.2 cm³/mol. The lowest BCUT2D eigenvalue weighted by molar-refractivity contribution is -0.120. The number of nitrogens with one attached hydrogen (secondary N) is 1. The van der Waals surface area contributed by atoms with Gasteiger partial charge in [0, 0.05) is 25.5 Å². The van der Waals surface area contributed by atoms with Crippen molar-refractivity contribution in [2.24, 2.45) is 5.92 Å². The maximum Gasteiger partial charge on any atom is 0.224 e. The summed E-state index contributed by atoms with van der Waals surface area (Å²) in [4.78, 5) is 15.3. The van der Waals surface area contributed by atoms with Gasteiger partial charge in [0.05, 0.1) is 6.42 Å². The third kappa shape index (κ3) is 4.56. The van der Waals surface area contributed by atoms with E-state index in [1.807, 2.05) is 13.0 Å². The van der Waals surface area contributed by atoms with Crippen molar-refractivity contribution in [1.82, 2.24) is 10.3 Å². The number of aliphatic hydroxyl groups excluding tert-OH is 1. The lowest BCUT2D eigenvalue weighted by Gasteiger charge is -2.09. The van der Waals surface area contributed by atoms with Gasteiger partial charge in [-0.3, -0.25) is 9.78 Å². The molecule has 4 nitrogen and oxygen atoms in total. The standard InChI is InChI=1S/C11H16N2O2/c1-9(8-14)6-13-11(15)5-10-3-2-4-12-7-10/h2-4,7,9,14H,5-6,8H2,1H3,(H,13,15). The van der Waals surface area contributed by atoms with E-state index < -0.39 is 0 Å². The molecule has 0 aliphatic heterocycles. The van der Waals surface area contributed by atoms with Crippen LogP contribution in [0.1, 0.15) is 12.5 Å². The molecular weight excluding hydrogens is 192 g/mol. The Hall–Kier alpha value is -1.42. The first-order chi connectivity index (χ1) is 7.22. The highest BCUT2D eigenvalue weighted by Crippen LogP contribution is 1.97. The van der Waals surface area contributed by atoms with Crippen LogP contribution in [0, 0.1) is 5.92 Å². The van der Waals surface area contributed by atoms with Gasteiger partial charge >= 0.3 is 0 Å². The summed E-state index contributed by atoms with van der Waals surface area (Å²) in [6, 6.07) is 3.67. The van der Waals surface area contributed by atoms with Gasteiger partial charge in [-0.2, -0.15) is 0 Å². The van der Waals surface area contributed by atoms with Crippen molar-refractivity contribution < 1.29 is 9.90 Å². The molecule has 1 unspecified atom stereocenters. The van der Waals surface area contributed by atoms with Crippen molar-refractivity contribution >= 4 is 5.91 Å². The van der Waals surface area contributed by atoms with Crippen molar-refractivity contribution in [3.8, 4) is 0 Å². The number of pyridine rings is 1. The Bertz CT molecular complexity index is 301. The van der Waals surface area contributed by atoms with Gasteiger partial charge in [0.2, 0.25) is 5.91 Å². The van der Waals surface area contributed by atoms with Crippen LogP contribution in [-0.4, -0.2) is 29.1 Å². The molecule has 0 saturated heterocycles. The summed E-state index contributed by atoms with van der Waals surface area (Å²) >= 11 is 0. The highest BCUT2D eigenvalue weighted by molar-refractivity contribution is 5.78. The molecule has 1 heterocycles. The Morgan fingerprint density at radius 2 is 2.47 bits per heavy atom. The molecule has 0 fully saturated rings. The number of hydrogen-bond donors (Lipinski definition) is 2. The third-order valence-corrected chi connectivity index (χ3v) is 2.05. The lowest BCUT2D eigenvalue weighted by atomic mass is 10.2. The summed E-state index contributed by atoms with van der Waals surface area (Å²) in [6.45, 7) is 2.48. The predicted octanol–water partition coefficient (Wildman–Crippen LogP) is 0.369. The second-order valence-electron chi connectivity index (χ2n) is 3.63. The zero-order chi connectivity index (χ0) is 11.1. The molecule has 1 atom stereocenters. The Morgan fingerprint density at radius 1 is 1.67 bits per heavy atom. The summed E-state index contributed by atoms with van der Waals surface area (Å²) in [5.41, 5.74) is 0.895. The first-order valence-corrected chi connectivity index (χ1v) is 4.99. The number of aliphatic hydroxyl groups is 1. The summed E-state index contributed by atoms with van der Waals surface area (Å²) in [5.74, 6) is 0.0612. The average molecular weight is 208 g/mol. The molecule has 15 heavy (non-hydrogen) atoms. The smallest absolute Gasteiger partial charge is 0.224 e. The molecule has 2 N–H and O–H groups in total. The van der Waals surface area contributed by atoms with E-state index >= 15 is 0 Å². The van der Waals surface area contributed by atoms with E-state index in [1.165, 1.54) is 0 Å². The maximum atomic E-state index is 11.4. The summed E-state index contributed by atoms with van der Waals surface area (Å²) in [5, 5.41) is 11.5. The molecule has 0 spiro atoms. The Labute approximate surface area is 89.3 Å². The Kier molecular flexibility index (Phi) is 4.77. The normalized spacial score (nSPS) is 12.1. The van der Waals surface area contributed by atoms with Gasteiger partial charge in [0.1, 0.15) is 0 Å². The molecule has 0 aliphatic rings. The quantitative estimate of drug-likeness (QED) is 0.735. The fourth-order valence-electron chi connectivity index (χ4n) is 1.10.